The second-order valence-corrected chi connectivity index (χ2v) is 7.99. The van der Waals surface area contributed by atoms with Crippen LogP contribution in [0, 0.1) is 6.92 Å². The fraction of sp³-hybridized carbons (Fsp3) is 0.333. The van der Waals surface area contributed by atoms with Crippen molar-refractivity contribution in [2.45, 2.75) is 24.5 Å². The van der Waals surface area contributed by atoms with Crippen LogP contribution in [0.1, 0.15) is 27.7 Å². The molecular formula is C18H20OS2. The Labute approximate surface area is 135 Å². The minimum absolute atomic E-state index is 0.602. The van der Waals surface area contributed by atoms with Crippen LogP contribution in [-0.4, -0.2) is 11.5 Å². The fourth-order valence-electron chi connectivity index (χ4n) is 2.25. The number of hydrogen-bond acceptors (Lipinski definition) is 3. The number of ether oxygens (including phenoxy) is 1. The summed E-state index contributed by atoms with van der Waals surface area (Å²) in [5.41, 5.74) is 3.90. The van der Waals surface area contributed by atoms with Crippen molar-refractivity contribution < 1.29 is 4.74 Å². The van der Waals surface area contributed by atoms with Crippen LogP contribution in [0.5, 0.6) is 5.75 Å². The minimum Gasteiger partial charge on any atom is -0.489 e. The molecule has 0 aromatic heterocycles. The van der Waals surface area contributed by atoms with Crippen LogP contribution >= 0.6 is 23.5 Å². The molecule has 0 saturated carbocycles. The molecule has 2 aromatic carbocycles. The predicted octanol–water partition coefficient (Wildman–Crippen LogP) is 5.44. The van der Waals surface area contributed by atoms with Crippen LogP contribution in [-0.2, 0) is 6.61 Å². The molecule has 0 radical (unpaired) electrons. The molecule has 1 heterocycles. The lowest BCUT2D eigenvalue weighted by Crippen LogP contribution is -2.00. The molecule has 110 valence electrons. The second-order valence-electron chi connectivity index (χ2n) is 5.27. The quantitative estimate of drug-likeness (QED) is 0.743. The SMILES string of the molecule is Cc1ccc(COc2ccc(C3SCCCS3)cc2)cc1. The van der Waals surface area contributed by atoms with E-state index in [1.54, 1.807) is 0 Å². The van der Waals surface area contributed by atoms with E-state index in [4.69, 9.17) is 4.74 Å². The third kappa shape index (κ3) is 4.21. The van der Waals surface area contributed by atoms with Gasteiger partial charge in [0, 0.05) is 0 Å². The molecule has 0 bridgehead atoms. The van der Waals surface area contributed by atoms with Crippen molar-refractivity contribution in [3.63, 3.8) is 0 Å². The molecule has 0 aliphatic carbocycles. The lowest BCUT2D eigenvalue weighted by molar-refractivity contribution is 0.306. The van der Waals surface area contributed by atoms with Gasteiger partial charge >= 0.3 is 0 Å². The summed E-state index contributed by atoms with van der Waals surface area (Å²) >= 11 is 4.11. The standard InChI is InChI=1S/C18H20OS2/c1-14-3-5-15(6-4-14)13-19-17-9-7-16(8-10-17)18-20-11-2-12-21-18/h3-10,18H,2,11-13H2,1H3. The molecule has 21 heavy (non-hydrogen) atoms. The Bertz CT molecular complexity index is 557. The highest BCUT2D eigenvalue weighted by Crippen LogP contribution is 2.43. The Balaban J connectivity index is 1.57. The van der Waals surface area contributed by atoms with Crippen molar-refractivity contribution in [1.82, 2.24) is 0 Å². The predicted molar refractivity (Wildman–Crippen MR) is 94.2 cm³/mol. The highest BCUT2D eigenvalue weighted by molar-refractivity contribution is 8.16. The van der Waals surface area contributed by atoms with Gasteiger partial charge in [-0.15, -0.1) is 23.5 Å². The van der Waals surface area contributed by atoms with Gasteiger partial charge in [0.25, 0.3) is 0 Å². The van der Waals surface area contributed by atoms with Gasteiger partial charge in [-0.3, -0.25) is 0 Å². The number of benzene rings is 2. The maximum atomic E-state index is 5.86. The normalized spacial score (nSPS) is 15.9. The topological polar surface area (TPSA) is 9.23 Å². The molecule has 0 unspecified atom stereocenters. The summed E-state index contributed by atoms with van der Waals surface area (Å²) < 4.78 is 6.46. The lowest BCUT2D eigenvalue weighted by atomic mass is 10.2. The highest BCUT2D eigenvalue weighted by atomic mass is 32.2. The minimum atomic E-state index is 0.602. The van der Waals surface area contributed by atoms with Gasteiger partial charge in [-0.2, -0.15) is 0 Å². The molecule has 1 saturated heterocycles. The van der Waals surface area contributed by atoms with E-state index in [1.807, 2.05) is 0 Å². The molecular weight excluding hydrogens is 296 g/mol. The summed E-state index contributed by atoms with van der Waals surface area (Å²) in [5, 5.41) is 0. The Hall–Kier alpha value is -1.06. The average Bonchev–Trinajstić information content (AvgIpc) is 2.56. The summed E-state index contributed by atoms with van der Waals surface area (Å²) in [6, 6.07) is 17.1. The first-order chi connectivity index (χ1) is 10.3. The van der Waals surface area contributed by atoms with Gasteiger partial charge in [0.05, 0.1) is 4.58 Å². The van der Waals surface area contributed by atoms with E-state index >= 15 is 0 Å². The molecule has 2 aromatic rings. The monoisotopic (exact) mass is 316 g/mol. The third-order valence-electron chi connectivity index (χ3n) is 3.51. The van der Waals surface area contributed by atoms with Gasteiger partial charge < -0.3 is 4.74 Å². The van der Waals surface area contributed by atoms with E-state index in [1.165, 1.54) is 34.6 Å². The molecule has 1 nitrogen and oxygen atoms in total. The largest absolute Gasteiger partial charge is 0.489 e. The van der Waals surface area contributed by atoms with Crippen molar-refractivity contribution >= 4 is 23.5 Å². The number of rotatable bonds is 4. The van der Waals surface area contributed by atoms with Crippen LogP contribution in [0.15, 0.2) is 48.5 Å². The molecule has 3 heteroatoms. The molecule has 1 aliphatic heterocycles. The zero-order valence-electron chi connectivity index (χ0n) is 12.2. The molecule has 0 N–H and O–H groups in total. The Morgan fingerprint density at radius 2 is 1.62 bits per heavy atom. The fourth-order valence-corrected chi connectivity index (χ4v) is 5.15. The van der Waals surface area contributed by atoms with Crippen LogP contribution in [0.3, 0.4) is 0 Å². The Morgan fingerprint density at radius 1 is 0.952 bits per heavy atom. The van der Waals surface area contributed by atoms with E-state index in [-0.39, 0.29) is 0 Å². The second kappa shape index (κ2) is 7.28. The summed E-state index contributed by atoms with van der Waals surface area (Å²) in [5.74, 6) is 3.51. The molecule has 1 fully saturated rings. The van der Waals surface area contributed by atoms with Crippen LogP contribution < -0.4 is 4.74 Å². The van der Waals surface area contributed by atoms with Gasteiger partial charge in [-0.25, -0.2) is 0 Å². The van der Waals surface area contributed by atoms with Crippen molar-refractivity contribution in [3.8, 4) is 5.75 Å². The first kappa shape index (κ1) is 14.9. The Kier molecular flexibility index (Phi) is 5.15. The van der Waals surface area contributed by atoms with E-state index < -0.39 is 0 Å². The average molecular weight is 316 g/mol. The van der Waals surface area contributed by atoms with Crippen molar-refractivity contribution in [3.05, 3.63) is 65.2 Å². The molecule has 3 rings (SSSR count). The summed E-state index contributed by atoms with van der Waals surface area (Å²) in [6.45, 7) is 2.73. The van der Waals surface area contributed by atoms with Crippen molar-refractivity contribution in [1.29, 1.82) is 0 Å². The first-order valence-corrected chi connectivity index (χ1v) is 9.42. The Morgan fingerprint density at radius 3 is 2.29 bits per heavy atom. The molecule has 1 aliphatic rings. The van der Waals surface area contributed by atoms with Gasteiger partial charge in [-0.05, 0) is 48.1 Å². The number of hydrogen-bond donors (Lipinski definition) is 0. The lowest BCUT2D eigenvalue weighted by Gasteiger charge is -2.21. The molecule has 0 spiro atoms. The van der Waals surface area contributed by atoms with Crippen molar-refractivity contribution in [2.75, 3.05) is 11.5 Å². The van der Waals surface area contributed by atoms with E-state index in [2.05, 4.69) is 79.0 Å². The van der Waals surface area contributed by atoms with Gasteiger partial charge in [-0.1, -0.05) is 42.0 Å². The maximum Gasteiger partial charge on any atom is 0.119 e. The van der Waals surface area contributed by atoms with Gasteiger partial charge in [0.1, 0.15) is 12.4 Å². The number of thioether (sulfide) groups is 2. The summed E-state index contributed by atoms with van der Waals surface area (Å²) in [4.78, 5) is 0. The summed E-state index contributed by atoms with van der Waals surface area (Å²) in [6.07, 6.45) is 1.34. The summed E-state index contributed by atoms with van der Waals surface area (Å²) in [7, 11) is 0. The maximum absolute atomic E-state index is 5.86. The van der Waals surface area contributed by atoms with E-state index in [0.29, 0.717) is 11.2 Å². The van der Waals surface area contributed by atoms with E-state index in [9.17, 15) is 0 Å². The first-order valence-electron chi connectivity index (χ1n) is 7.33. The van der Waals surface area contributed by atoms with Gasteiger partial charge in [0.15, 0.2) is 0 Å². The van der Waals surface area contributed by atoms with Gasteiger partial charge in [0.2, 0.25) is 0 Å². The van der Waals surface area contributed by atoms with Crippen LogP contribution in [0.4, 0.5) is 0 Å². The highest BCUT2D eigenvalue weighted by Gasteiger charge is 2.16. The molecule has 0 amide bonds. The third-order valence-corrected chi connectivity index (χ3v) is 6.52. The molecule has 0 atom stereocenters. The zero-order valence-corrected chi connectivity index (χ0v) is 13.9. The zero-order chi connectivity index (χ0) is 14.5. The van der Waals surface area contributed by atoms with Crippen LogP contribution in [0.2, 0.25) is 0 Å². The van der Waals surface area contributed by atoms with Crippen molar-refractivity contribution in [2.24, 2.45) is 0 Å². The van der Waals surface area contributed by atoms with Crippen LogP contribution in [0.25, 0.3) is 0 Å². The smallest absolute Gasteiger partial charge is 0.119 e. The van der Waals surface area contributed by atoms with E-state index in [0.717, 1.165) is 5.75 Å². The number of aryl methyl sites for hydroxylation is 1.